The predicted molar refractivity (Wildman–Crippen MR) is 89.5 cm³/mol. The maximum atomic E-state index is 12.3. The Morgan fingerprint density at radius 1 is 1.26 bits per heavy atom. The zero-order chi connectivity index (χ0) is 20.8. The molecule has 0 aromatic heterocycles. The minimum Gasteiger partial charge on any atom is -0.484 e. The maximum Gasteiger partial charge on any atom is 0.422 e. The van der Waals surface area contributed by atoms with Gasteiger partial charge in [-0.05, 0) is 32.4 Å². The van der Waals surface area contributed by atoms with E-state index in [-0.39, 0.29) is 11.8 Å². The molecule has 2 N–H and O–H groups in total. The molecule has 0 aliphatic heterocycles. The number of halogens is 3. The lowest BCUT2D eigenvalue weighted by molar-refractivity contribution is -0.385. The molecule has 2 atom stereocenters. The van der Waals surface area contributed by atoms with E-state index in [1.54, 1.807) is 6.92 Å². The molecule has 11 heteroatoms. The minimum absolute atomic E-state index is 0.134. The Morgan fingerprint density at radius 3 is 2.41 bits per heavy atom. The molecule has 0 aliphatic rings. The van der Waals surface area contributed by atoms with Gasteiger partial charge < -0.3 is 15.4 Å². The van der Waals surface area contributed by atoms with Gasteiger partial charge in [0.2, 0.25) is 5.91 Å². The van der Waals surface area contributed by atoms with Crippen LogP contribution in [0.2, 0.25) is 0 Å². The highest BCUT2D eigenvalue weighted by molar-refractivity contribution is 6.00. The van der Waals surface area contributed by atoms with Crippen molar-refractivity contribution in [2.75, 3.05) is 6.61 Å². The SMILES string of the molecule is CCC(C)NC(=O)C(C)NC(=O)c1cc(OCC(F)(F)F)ccc1[N+](=O)[O-]. The summed E-state index contributed by atoms with van der Waals surface area (Å²) in [6, 6.07) is 1.51. The largest absolute Gasteiger partial charge is 0.484 e. The molecule has 2 amide bonds. The van der Waals surface area contributed by atoms with Crippen molar-refractivity contribution in [3.05, 3.63) is 33.9 Å². The average molecular weight is 391 g/mol. The number of hydrogen-bond donors (Lipinski definition) is 2. The van der Waals surface area contributed by atoms with Crippen LogP contribution in [0.3, 0.4) is 0 Å². The number of carbonyl (C=O) groups excluding carboxylic acids is 2. The summed E-state index contributed by atoms with van der Waals surface area (Å²) in [5.41, 5.74) is -1.13. The fourth-order valence-electron chi connectivity index (χ4n) is 1.92. The smallest absolute Gasteiger partial charge is 0.422 e. The van der Waals surface area contributed by atoms with Gasteiger partial charge in [-0.3, -0.25) is 19.7 Å². The summed E-state index contributed by atoms with van der Waals surface area (Å²) in [5, 5.41) is 16.0. The topological polar surface area (TPSA) is 111 Å². The second-order valence-electron chi connectivity index (χ2n) is 5.85. The number of benzene rings is 1. The van der Waals surface area contributed by atoms with Crippen molar-refractivity contribution >= 4 is 17.5 Å². The van der Waals surface area contributed by atoms with Crippen LogP contribution >= 0.6 is 0 Å². The number of rotatable bonds is 8. The van der Waals surface area contributed by atoms with Crippen LogP contribution in [0.15, 0.2) is 18.2 Å². The Balaban J connectivity index is 2.98. The van der Waals surface area contributed by atoms with Gasteiger partial charge in [-0.15, -0.1) is 0 Å². The average Bonchev–Trinajstić information content (AvgIpc) is 2.58. The summed E-state index contributed by atoms with van der Waals surface area (Å²) in [6.45, 7) is 3.38. The van der Waals surface area contributed by atoms with Crippen LogP contribution in [-0.2, 0) is 4.79 Å². The highest BCUT2D eigenvalue weighted by atomic mass is 19.4. The zero-order valence-corrected chi connectivity index (χ0v) is 14.9. The number of nitrogens with zero attached hydrogens (tertiary/aromatic N) is 1. The number of carbonyl (C=O) groups is 2. The van der Waals surface area contributed by atoms with Crippen molar-refractivity contribution in [2.24, 2.45) is 0 Å². The number of nitro groups is 1. The molecule has 1 rings (SSSR count). The molecule has 0 saturated carbocycles. The number of ether oxygens (including phenoxy) is 1. The van der Waals surface area contributed by atoms with E-state index < -0.39 is 46.8 Å². The Kier molecular flexibility index (Phi) is 7.56. The molecule has 0 saturated heterocycles. The fourth-order valence-corrected chi connectivity index (χ4v) is 1.92. The molecular formula is C16H20F3N3O5. The van der Waals surface area contributed by atoms with E-state index in [0.717, 1.165) is 18.2 Å². The second kappa shape index (κ2) is 9.19. The first-order chi connectivity index (χ1) is 12.4. The summed E-state index contributed by atoms with van der Waals surface area (Å²) < 4.78 is 41.2. The number of hydrogen-bond acceptors (Lipinski definition) is 5. The maximum absolute atomic E-state index is 12.3. The molecule has 0 bridgehead atoms. The molecule has 0 aliphatic carbocycles. The first-order valence-electron chi connectivity index (χ1n) is 8.03. The molecule has 1 aromatic carbocycles. The van der Waals surface area contributed by atoms with Gasteiger partial charge in [0.15, 0.2) is 6.61 Å². The van der Waals surface area contributed by atoms with Crippen molar-refractivity contribution in [2.45, 2.75) is 45.5 Å². The highest BCUT2D eigenvalue weighted by Gasteiger charge is 2.29. The van der Waals surface area contributed by atoms with E-state index in [2.05, 4.69) is 15.4 Å². The monoisotopic (exact) mass is 391 g/mol. The molecule has 0 heterocycles. The van der Waals surface area contributed by atoms with Crippen LogP contribution in [0.25, 0.3) is 0 Å². The van der Waals surface area contributed by atoms with Crippen LogP contribution in [0.4, 0.5) is 18.9 Å². The summed E-state index contributed by atoms with van der Waals surface area (Å²) in [4.78, 5) is 34.5. The number of amides is 2. The lowest BCUT2D eigenvalue weighted by Gasteiger charge is -2.17. The van der Waals surface area contributed by atoms with Crippen LogP contribution in [0.5, 0.6) is 5.75 Å². The van der Waals surface area contributed by atoms with Gasteiger partial charge in [0, 0.05) is 12.1 Å². The lowest BCUT2D eigenvalue weighted by atomic mass is 10.1. The molecule has 150 valence electrons. The zero-order valence-electron chi connectivity index (χ0n) is 14.9. The second-order valence-corrected chi connectivity index (χ2v) is 5.85. The Labute approximate surface area is 153 Å². The standard InChI is InChI=1S/C16H20F3N3O5/c1-4-9(2)20-14(23)10(3)21-15(24)12-7-11(27-8-16(17,18)19)5-6-13(12)22(25)26/h5-7,9-10H,4,8H2,1-3H3,(H,20,23)(H,21,24). The van der Waals surface area contributed by atoms with E-state index >= 15 is 0 Å². The van der Waals surface area contributed by atoms with Gasteiger partial charge in [0.1, 0.15) is 17.4 Å². The van der Waals surface area contributed by atoms with E-state index in [1.165, 1.54) is 6.92 Å². The van der Waals surface area contributed by atoms with Crippen molar-refractivity contribution in [3.63, 3.8) is 0 Å². The predicted octanol–water partition coefficient (Wildman–Crippen LogP) is 2.57. The van der Waals surface area contributed by atoms with E-state index in [1.807, 2.05) is 6.92 Å². The van der Waals surface area contributed by atoms with Gasteiger partial charge in [0.05, 0.1) is 4.92 Å². The first kappa shape index (κ1) is 22.2. The van der Waals surface area contributed by atoms with Gasteiger partial charge >= 0.3 is 6.18 Å². The van der Waals surface area contributed by atoms with Crippen molar-refractivity contribution in [3.8, 4) is 5.75 Å². The first-order valence-corrected chi connectivity index (χ1v) is 8.03. The minimum atomic E-state index is -4.60. The Bertz CT molecular complexity index is 709. The summed E-state index contributed by atoms with van der Waals surface area (Å²) in [6.07, 6.45) is -3.94. The molecule has 8 nitrogen and oxygen atoms in total. The summed E-state index contributed by atoms with van der Waals surface area (Å²) in [5.74, 6) is -1.84. The van der Waals surface area contributed by atoms with E-state index in [9.17, 15) is 32.9 Å². The molecule has 2 unspecified atom stereocenters. The third-order valence-electron chi connectivity index (χ3n) is 3.55. The van der Waals surface area contributed by atoms with Crippen LogP contribution in [0, 0.1) is 10.1 Å². The molecule has 0 radical (unpaired) electrons. The van der Waals surface area contributed by atoms with Gasteiger partial charge in [0.25, 0.3) is 11.6 Å². The number of nitro benzene ring substituents is 1. The van der Waals surface area contributed by atoms with Crippen molar-refractivity contribution < 1.29 is 32.4 Å². The summed E-state index contributed by atoms with van der Waals surface area (Å²) >= 11 is 0. The molecule has 0 fully saturated rings. The van der Waals surface area contributed by atoms with E-state index in [4.69, 9.17) is 0 Å². The Hall–Kier alpha value is -2.85. The lowest BCUT2D eigenvalue weighted by Crippen LogP contribution is -2.47. The number of nitrogens with one attached hydrogen (secondary N) is 2. The molecular weight excluding hydrogens is 371 g/mol. The third-order valence-corrected chi connectivity index (χ3v) is 3.55. The number of alkyl halides is 3. The quantitative estimate of drug-likeness (QED) is 0.523. The van der Waals surface area contributed by atoms with Gasteiger partial charge in [-0.25, -0.2) is 0 Å². The third kappa shape index (κ3) is 7.12. The highest BCUT2D eigenvalue weighted by Crippen LogP contribution is 2.26. The van der Waals surface area contributed by atoms with Gasteiger partial charge in [-0.2, -0.15) is 13.2 Å². The van der Waals surface area contributed by atoms with Crippen LogP contribution in [0.1, 0.15) is 37.6 Å². The normalized spacial score (nSPS) is 13.4. The van der Waals surface area contributed by atoms with E-state index in [0.29, 0.717) is 6.42 Å². The summed E-state index contributed by atoms with van der Waals surface area (Å²) in [7, 11) is 0. The van der Waals surface area contributed by atoms with Crippen molar-refractivity contribution in [1.82, 2.24) is 10.6 Å². The molecule has 0 spiro atoms. The van der Waals surface area contributed by atoms with Crippen molar-refractivity contribution in [1.29, 1.82) is 0 Å². The molecule has 1 aromatic rings. The molecule has 27 heavy (non-hydrogen) atoms. The van der Waals surface area contributed by atoms with Crippen LogP contribution in [-0.4, -0.2) is 41.6 Å². The fraction of sp³-hybridized carbons (Fsp3) is 0.500. The van der Waals surface area contributed by atoms with Crippen LogP contribution < -0.4 is 15.4 Å². The van der Waals surface area contributed by atoms with Gasteiger partial charge in [-0.1, -0.05) is 6.92 Å². The Morgan fingerprint density at radius 2 is 1.89 bits per heavy atom.